The predicted octanol–water partition coefficient (Wildman–Crippen LogP) is 4.60. The Morgan fingerprint density at radius 3 is 2.48 bits per heavy atom. The summed E-state index contributed by atoms with van der Waals surface area (Å²) < 4.78 is 11.5. The molecule has 1 N–H and O–H groups in total. The second-order valence-corrected chi connectivity index (χ2v) is 7.64. The third kappa shape index (κ3) is 6.75. The highest BCUT2D eigenvalue weighted by molar-refractivity contribution is 9.10. The predicted molar refractivity (Wildman–Crippen MR) is 121 cm³/mol. The van der Waals surface area contributed by atoms with Crippen molar-refractivity contribution in [3.8, 4) is 11.5 Å². The lowest BCUT2D eigenvalue weighted by Crippen LogP contribution is -2.38. The van der Waals surface area contributed by atoms with Crippen LogP contribution in [0.1, 0.15) is 37.4 Å². The second-order valence-electron chi connectivity index (χ2n) is 6.79. The molecule has 1 amide bonds. The molecule has 2 aromatic rings. The summed E-state index contributed by atoms with van der Waals surface area (Å²) >= 11 is 3.49. The van der Waals surface area contributed by atoms with Crippen LogP contribution in [-0.4, -0.2) is 44.7 Å². The van der Waals surface area contributed by atoms with Crippen molar-refractivity contribution in [3.63, 3.8) is 0 Å². The van der Waals surface area contributed by atoms with Gasteiger partial charge in [-0.3, -0.25) is 9.69 Å². The average molecular weight is 463 g/mol. The van der Waals surface area contributed by atoms with Crippen molar-refractivity contribution in [2.75, 3.05) is 33.9 Å². The van der Waals surface area contributed by atoms with E-state index in [4.69, 9.17) is 9.47 Å². The van der Waals surface area contributed by atoms with E-state index in [9.17, 15) is 4.79 Å². The Morgan fingerprint density at radius 1 is 1.10 bits per heavy atom. The highest BCUT2D eigenvalue weighted by atomic mass is 79.9. The number of rotatable bonds is 11. The molecule has 0 spiro atoms. The van der Waals surface area contributed by atoms with Crippen molar-refractivity contribution < 1.29 is 14.3 Å². The normalized spacial score (nSPS) is 11.9. The number of benzene rings is 2. The number of likely N-dealkylation sites (N-methyl/N-ethyl adjacent to an activating group) is 1. The van der Waals surface area contributed by atoms with Crippen LogP contribution >= 0.6 is 15.9 Å². The fraction of sp³-hybridized carbons (Fsp3) is 0.435. The van der Waals surface area contributed by atoms with Crippen LogP contribution in [0.25, 0.3) is 0 Å². The number of carbonyl (C=O) groups excluding carboxylic acids is 1. The lowest BCUT2D eigenvalue weighted by molar-refractivity contribution is -0.121. The van der Waals surface area contributed by atoms with E-state index in [0.29, 0.717) is 19.4 Å². The number of nitrogens with one attached hydrogen (secondary N) is 1. The largest absolute Gasteiger partial charge is 0.497 e. The number of nitrogens with zero attached hydrogens (tertiary/aromatic N) is 1. The lowest BCUT2D eigenvalue weighted by Gasteiger charge is -2.30. The summed E-state index contributed by atoms with van der Waals surface area (Å²) in [6, 6.07) is 14.1. The molecule has 5 nitrogen and oxygen atoms in total. The van der Waals surface area contributed by atoms with Gasteiger partial charge in [0.1, 0.15) is 11.5 Å². The maximum atomic E-state index is 12.5. The number of ether oxygens (including phenoxy) is 2. The minimum Gasteiger partial charge on any atom is -0.497 e. The first-order valence-corrected chi connectivity index (χ1v) is 10.8. The highest BCUT2D eigenvalue weighted by Gasteiger charge is 2.19. The fourth-order valence-corrected chi connectivity index (χ4v) is 3.98. The van der Waals surface area contributed by atoms with E-state index in [-0.39, 0.29) is 11.9 Å². The molecule has 0 heterocycles. The Morgan fingerprint density at radius 2 is 1.86 bits per heavy atom. The monoisotopic (exact) mass is 462 g/mol. The maximum Gasteiger partial charge on any atom is 0.220 e. The van der Waals surface area contributed by atoms with Gasteiger partial charge in [-0.15, -0.1) is 0 Å². The van der Waals surface area contributed by atoms with Gasteiger partial charge in [0.05, 0.1) is 24.7 Å². The van der Waals surface area contributed by atoms with Crippen LogP contribution in [0.4, 0.5) is 0 Å². The second kappa shape index (κ2) is 11.8. The molecule has 0 aliphatic carbocycles. The van der Waals surface area contributed by atoms with Crippen molar-refractivity contribution in [2.45, 2.75) is 32.7 Å². The van der Waals surface area contributed by atoms with Gasteiger partial charge in [-0.05, 0) is 70.8 Å². The molecule has 2 aromatic carbocycles. The van der Waals surface area contributed by atoms with Gasteiger partial charge in [0, 0.05) is 13.0 Å². The Balaban J connectivity index is 1.98. The Bertz CT molecular complexity index is 793. The van der Waals surface area contributed by atoms with Crippen molar-refractivity contribution >= 4 is 21.8 Å². The molecular formula is C23H31BrN2O3. The zero-order valence-electron chi connectivity index (χ0n) is 17.7. The smallest absolute Gasteiger partial charge is 0.220 e. The first-order chi connectivity index (χ1) is 14.0. The summed E-state index contributed by atoms with van der Waals surface area (Å²) in [5.74, 6) is 1.67. The van der Waals surface area contributed by atoms with Crippen LogP contribution in [0.15, 0.2) is 46.9 Å². The summed E-state index contributed by atoms with van der Waals surface area (Å²) in [7, 11) is 3.31. The molecule has 0 radical (unpaired) electrons. The maximum absolute atomic E-state index is 12.5. The Labute approximate surface area is 182 Å². The zero-order chi connectivity index (χ0) is 21.2. The molecule has 0 aliphatic rings. The molecule has 6 heteroatoms. The van der Waals surface area contributed by atoms with E-state index in [2.05, 4.69) is 46.1 Å². The van der Waals surface area contributed by atoms with Crippen LogP contribution in [0.5, 0.6) is 11.5 Å². The summed E-state index contributed by atoms with van der Waals surface area (Å²) in [6.07, 6.45) is 1.13. The first-order valence-electron chi connectivity index (χ1n) is 9.99. The minimum atomic E-state index is 0.0528. The van der Waals surface area contributed by atoms with E-state index in [1.807, 2.05) is 36.4 Å². The van der Waals surface area contributed by atoms with Gasteiger partial charge in [0.25, 0.3) is 0 Å². The average Bonchev–Trinajstić information content (AvgIpc) is 2.75. The molecule has 0 fully saturated rings. The summed E-state index contributed by atoms with van der Waals surface area (Å²) in [6.45, 7) is 6.67. The third-order valence-corrected chi connectivity index (χ3v) is 5.70. The van der Waals surface area contributed by atoms with Crippen LogP contribution in [0.2, 0.25) is 0 Å². The van der Waals surface area contributed by atoms with E-state index in [1.54, 1.807) is 14.2 Å². The molecule has 0 saturated carbocycles. The number of hydrogen-bond donors (Lipinski definition) is 1. The van der Waals surface area contributed by atoms with E-state index >= 15 is 0 Å². The minimum absolute atomic E-state index is 0.0528. The lowest BCUT2D eigenvalue weighted by atomic mass is 10.0. The van der Waals surface area contributed by atoms with Crippen LogP contribution in [0.3, 0.4) is 0 Å². The summed E-state index contributed by atoms with van der Waals surface area (Å²) in [4.78, 5) is 14.8. The quantitative estimate of drug-likeness (QED) is 0.530. The van der Waals surface area contributed by atoms with Crippen LogP contribution in [-0.2, 0) is 11.2 Å². The number of aryl methyl sites for hydroxylation is 1. The van der Waals surface area contributed by atoms with E-state index in [1.165, 1.54) is 0 Å². The molecule has 158 valence electrons. The third-order valence-electron chi connectivity index (χ3n) is 5.08. The SMILES string of the molecule is CCN(CC)C(CNC(=O)CCc1ccc(OC)c(Br)c1)c1cccc(OC)c1. The Kier molecular flexibility index (Phi) is 9.48. The number of carbonyl (C=O) groups is 1. The molecular weight excluding hydrogens is 432 g/mol. The van der Waals surface area contributed by atoms with E-state index in [0.717, 1.165) is 40.2 Å². The first kappa shape index (κ1) is 23.2. The van der Waals surface area contributed by atoms with Gasteiger partial charge < -0.3 is 14.8 Å². The van der Waals surface area contributed by atoms with E-state index < -0.39 is 0 Å². The molecule has 0 bridgehead atoms. The standard InChI is InChI=1S/C23H31BrN2O3/c1-5-26(6-2)21(18-8-7-9-19(15-18)28-3)16-25-23(27)13-11-17-10-12-22(29-4)20(24)14-17/h7-10,12,14-15,21H,5-6,11,13,16H2,1-4H3,(H,25,27). The number of hydrogen-bond acceptors (Lipinski definition) is 4. The molecule has 2 rings (SSSR count). The molecule has 29 heavy (non-hydrogen) atoms. The molecule has 0 aliphatic heterocycles. The van der Waals surface area contributed by atoms with Crippen molar-refractivity contribution in [1.29, 1.82) is 0 Å². The van der Waals surface area contributed by atoms with Gasteiger partial charge in [-0.1, -0.05) is 32.0 Å². The van der Waals surface area contributed by atoms with Gasteiger partial charge in [-0.2, -0.15) is 0 Å². The molecule has 1 atom stereocenters. The Hall–Kier alpha value is -2.05. The molecule has 1 unspecified atom stereocenters. The summed E-state index contributed by atoms with van der Waals surface area (Å²) in [5, 5.41) is 3.12. The van der Waals surface area contributed by atoms with Crippen molar-refractivity contribution in [2.24, 2.45) is 0 Å². The van der Waals surface area contributed by atoms with Crippen LogP contribution < -0.4 is 14.8 Å². The van der Waals surface area contributed by atoms with Crippen LogP contribution in [0, 0.1) is 0 Å². The molecule has 0 saturated heterocycles. The van der Waals surface area contributed by atoms with Gasteiger partial charge in [0.2, 0.25) is 5.91 Å². The van der Waals surface area contributed by atoms with Gasteiger partial charge in [0.15, 0.2) is 0 Å². The van der Waals surface area contributed by atoms with Crippen molar-refractivity contribution in [1.82, 2.24) is 10.2 Å². The molecule has 0 aromatic heterocycles. The number of methoxy groups -OCH3 is 2. The topological polar surface area (TPSA) is 50.8 Å². The van der Waals surface area contributed by atoms with Gasteiger partial charge in [-0.25, -0.2) is 0 Å². The fourth-order valence-electron chi connectivity index (χ4n) is 3.39. The summed E-state index contributed by atoms with van der Waals surface area (Å²) in [5.41, 5.74) is 2.24. The van der Waals surface area contributed by atoms with Gasteiger partial charge >= 0.3 is 0 Å². The van der Waals surface area contributed by atoms with Crippen molar-refractivity contribution in [3.05, 3.63) is 58.1 Å². The number of amides is 1. The number of halogens is 1. The zero-order valence-corrected chi connectivity index (χ0v) is 19.3. The highest BCUT2D eigenvalue weighted by Crippen LogP contribution is 2.26.